The number of hydrogen-bond donors (Lipinski definition) is 2. The maximum Gasteiger partial charge on any atom is 0.243 e. The predicted molar refractivity (Wildman–Crippen MR) is 112 cm³/mol. The van der Waals surface area contributed by atoms with Gasteiger partial charge in [0, 0.05) is 33.8 Å². The van der Waals surface area contributed by atoms with Gasteiger partial charge in [0.2, 0.25) is 17.7 Å². The Kier molecular flexibility index (Phi) is 6.36. The highest BCUT2D eigenvalue weighted by Crippen LogP contribution is 2.26. The molecule has 2 aromatic carbocycles. The number of anilines is 2. The fourth-order valence-electron chi connectivity index (χ4n) is 3.03. The van der Waals surface area contributed by atoms with Crippen LogP contribution >= 0.6 is 27.5 Å². The van der Waals surface area contributed by atoms with Crippen molar-refractivity contribution in [1.82, 2.24) is 5.32 Å². The summed E-state index contributed by atoms with van der Waals surface area (Å²) in [6.45, 7) is 2.01. The molecule has 3 rings (SSSR count). The standard InChI is InChI=1S/C20H19BrClN3O3/c1-12-8-14(21)2-7-17(12)24-18(26)10-23-20(28)13-9-19(27)25(11-13)16-5-3-15(22)4-6-16/h2-8,13H,9-11H2,1H3,(H,23,28)(H,24,26). The first-order chi connectivity index (χ1) is 13.3. The van der Waals surface area contributed by atoms with E-state index in [4.69, 9.17) is 11.6 Å². The topological polar surface area (TPSA) is 78.5 Å². The Morgan fingerprint density at radius 3 is 2.61 bits per heavy atom. The molecule has 0 aliphatic carbocycles. The summed E-state index contributed by atoms with van der Waals surface area (Å²) in [5, 5.41) is 5.96. The normalized spacial score (nSPS) is 16.2. The Labute approximate surface area is 176 Å². The van der Waals surface area contributed by atoms with E-state index >= 15 is 0 Å². The van der Waals surface area contributed by atoms with Crippen LogP contribution in [0.4, 0.5) is 11.4 Å². The summed E-state index contributed by atoms with van der Waals surface area (Å²) in [7, 11) is 0. The zero-order chi connectivity index (χ0) is 20.3. The van der Waals surface area contributed by atoms with Crippen LogP contribution in [-0.4, -0.2) is 30.8 Å². The van der Waals surface area contributed by atoms with Crippen molar-refractivity contribution >= 4 is 56.6 Å². The van der Waals surface area contributed by atoms with Gasteiger partial charge in [-0.15, -0.1) is 0 Å². The van der Waals surface area contributed by atoms with Gasteiger partial charge in [-0.3, -0.25) is 14.4 Å². The number of nitrogens with one attached hydrogen (secondary N) is 2. The molecule has 0 spiro atoms. The molecule has 0 radical (unpaired) electrons. The molecule has 0 aromatic heterocycles. The van der Waals surface area contributed by atoms with Gasteiger partial charge in [0.25, 0.3) is 0 Å². The second-order valence-electron chi connectivity index (χ2n) is 6.61. The molecule has 2 aromatic rings. The van der Waals surface area contributed by atoms with Gasteiger partial charge in [-0.25, -0.2) is 0 Å². The second-order valence-corrected chi connectivity index (χ2v) is 7.96. The summed E-state index contributed by atoms with van der Waals surface area (Å²) < 4.78 is 0.924. The molecule has 8 heteroatoms. The van der Waals surface area contributed by atoms with Crippen LogP contribution in [0.3, 0.4) is 0 Å². The summed E-state index contributed by atoms with van der Waals surface area (Å²) in [6.07, 6.45) is 0.113. The van der Waals surface area contributed by atoms with Crippen LogP contribution in [0.25, 0.3) is 0 Å². The Balaban J connectivity index is 1.53. The summed E-state index contributed by atoms with van der Waals surface area (Å²) in [6, 6.07) is 12.4. The average molecular weight is 465 g/mol. The quantitative estimate of drug-likeness (QED) is 0.711. The van der Waals surface area contributed by atoms with E-state index in [2.05, 4.69) is 26.6 Å². The monoisotopic (exact) mass is 463 g/mol. The van der Waals surface area contributed by atoms with Crippen LogP contribution in [0.15, 0.2) is 46.9 Å². The maximum atomic E-state index is 12.4. The highest BCUT2D eigenvalue weighted by Gasteiger charge is 2.35. The van der Waals surface area contributed by atoms with Crippen molar-refractivity contribution in [3.63, 3.8) is 0 Å². The SMILES string of the molecule is Cc1cc(Br)ccc1NC(=O)CNC(=O)C1CC(=O)N(c2ccc(Cl)cc2)C1. The molecule has 2 N–H and O–H groups in total. The molecule has 0 saturated carbocycles. The van der Waals surface area contributed by atoms with Crippen molar-refractivity contribution in [2.45, 2.75) is 13.3 Å². The van der Waals surface area contributed by atoms with Crippen LogP contribution in [0, 0.1) is 12.8 Å². The Morgan fingerprint density at radius 1 is 1.21 bits per heavy atom. The molecule has 1 unspecified atom stereocenters. The summed E-state index contributed by atoms with van der Waals surface area (Å²) >= 11 is 9.24. The van der Waals surface area contributed by atoms with Gasteiger partial charge in [-0.2, -0.15) is 0 Å². The van der Waals surface area contributed by atoms with Crippen molar-refractivity contribution in [1.29, 1.82) is 0 Å². The number of benzene rings is 2. The van der Waals surface area contributed by atoms with Gasteiger partial charge < -0.3 is 15.5 Å². The number of hydrogen-bond acceptors (Lipinski definition) is 3. The molecule has 0 bridgehead atoms. The van der Waals surface area contributed by atoms with E-state index < -0.39 is 5.92 Å². The van der Waals surface area contributed by atoms with Crippen molar-refractivity contribution in [3.05, 3.63) is 57.5 Å². The molecule has 3 amide bonds. The van der Waals surface area contributed by atoms with E-state index in [0.29, 0.717) is 16.4 Å². The minimum Gasteiger partial charge on any atom is -0.347 e. The minimum absolute atomic E-state index is 0.113. The van der Waals surface area contributed by atoms with Crippen molar-refractivity contribution in [2.24, 2.45) is 5.92 Å². The first-order valence-electron chi connectivity index (χ1n) is 8.73. The number of halogens is 2. The minimum atomic E-state index is -0.495. The molecular weight excluding hydrogens is 446 g/mol. The molecule has 1 heterocycles. The summed E-state index contributed by atoms with van der Waals surface area (Å²) in [4.78, 5) is 38.3. The van der Waals surface area contributed by atoms with E-state index in [1.54, 1.807) is 35.2 Å². The Bertz CT molecular complexity index is 917. The smallest absolute Gasteiger partial charge is 0.243 e. The van der Waals surface area contributed by atoms with Crippen LogP contribution in [-0.2, 0) is 14.4 Å². The number of rotatable bonds is 5. The van der Waals surface area contributed by atoms with E-state index in [9.17, 15) is 14.4 Å². The average Bonchev–Trinajstić information content (AvgIpc) is 3.04. The lowest BCUT2D eigenvalue weighted by atomic mass is 10.1. The maximum absolute atomic E-state index is 12.4. The van der Waals surface area contributed by atoms with E-state index in [0.717, 1.165) is 10.0 Å². The fraction of sp³-hybridized carbons (Fsp3) is 0.250. The van der Waals surface area contributed by atoms with E-state index in [-0.39, 0.29) is 37.2 Å². The molecule has 1 atom stereocenters. The van der Waals surface area contributed by atoms with Gasteiger partial charge in [0.05, 0.1) is 12.5 Å². The van der Waals surface area contributed by atoms with Crippen LogP contribution < -0.4 is 15.5 Å². The number of aryl methyl sites for hydroxylation is 1. The van der Waals surface area contributed by atoms with Gasteiger partial charge in [0.15, 0.2) is 0 Å². The Morgan fingerprint density at radius 2 is 1.93 bits per heavy atom. The van der Waals surface area contributed by atoms with Gasteiger partial charge in [-0.1, -0.05) is 27.5 Å². The van der Waals surface area contributed by atoms with Crippen molar-refractivity contribution in [3.8, 4) is 0 Å². The lowest BCUT2D eigenvalue weighted by molar-refractivity contribution is -0.127. The van der Waals surface area contributed by atoms with E-state index in [1.807, 2.05) is 19.1 Å². The zero-order valence-corrected chi connectivity index (χ0v) is 17.5. The first kappa shape index (κ1) is 20.4. The third-order valence-electron chi connectivity index (χ3n) is 4.52. The fourth-order valence-corrected chi connectivity index (χ4v) is 3.63. The van der Waals surface area contributed by atoms with Gasteiger partial charge >= 0.3 is 0 Å². The predicted octanol–water partition coefficient (Wildman–Crippen LogP) is 3.52. The highest BCUT2D eigenvalue weighted by molar-refractivity contribution is 9.10. The van der Waals surface area contributed by atoms with Crippen molar-refractivity contribution < 1.29 is 14.4 Å². The lowest BCUT2D eigenvalue weighted by Gasteiger charge is -2.16. The van der Waals surface area contributed by atoms with Crippen LogP contribution in [0.1, 0.15) is 12.0 Å². The van der Waals surface area contributed by atoms with Crippen LogP contribution in [0.5, 0.6) is 0 Å². The zero-order valence-electron chi connectivity index (χ0n) is 15.2. The molecule has 1 aliphatic rings. The Hall–Kier alpha value is -2.38. The summed E-state index contributed by atoms with van der Waals surface area (Å²) in [5.74, 6) is -1.26. The largest absolute Gasteiger partial charge is 0.347 e. The molecule has 1 fully saturated rings. The number of nitrogens with zero attached hydrogens (tertiary/aromatic N) is 1. The summed E-state index contributed by atoms with van der Waals surface area (Å²) in [5.41, 5.74) is 2.30. The number of carbonyl (C=O) groups is 3. The number of carbonyl (C=O) groups excluding carboxylic acids is 3. The molecule has 1 saturated heterocycles. The molecule has 28 heavy (non-hydrogen) atoms. The third-order valence-corrected chi connectivity index (χ3v) is 5.27. The first-order valence-corrected chi connectivity index (χ1v) is 9.90. The lowest BCUT2D eigenvalue weighted by Crippen LogP contribution is -2.38. The molecule has 6 nitrogen and oxygen atoms in total. The van der Waals surface area contributed by atoms with Crippen LogP contribution in [0.2, 0.25) is 5.02 Å². The van der Waals surface area contributed by atoms with Crippen molar-refractivity contribution in [2.75, 3.05) is 23.3 Å². The molecular formula is C20H19BrClN3O3. The second kappa shape index (κ2) is 8.75. The third kappa shape index (κ3) is 4.91. The van der Waals surface area contributed by atoms with Gasteiger partial charge in [-0.05, 0) is 55.0 Å². The molecule has 146 valence electrons. The molecule has 1 aliphatic heterocycles. The number of amides is 3. The van der Waals surface area contributed by atoms with E-state index in [1.165, 1.54) is 0 Å². The van der Waals surface area contributed by atoms with Gasteiger partial charge in [0.1, 0.15) is 0 Å². The highest BCUT2D eigenvalue weighted by atomic mass is 79.9.